The number of carbonyl (C=O) groups is 1. The van der Waals surface area contributed by atoms with Crippen molar-refractivity contribution in [1.29, 1.82) is 0 Å². The highest BCUT2D eigenvalue weighted by molar-refractivity contribution is 5.74. The van der Waals surface area contributed by atoms with Gasteiger partial charge in [-0.25, -0.2) is 4.79 Å². The summed E-state index contributed by atoms with van der Waals surface area (Å²) >= 11 is 0. The molecule has 0 amide bonds. The molecule has 0 aliphatic heterocycles. The average molecular weight is 211 g/mol. The van der Waals surface area contributed by atoms with Gasteiger partial charge < -0.3 is 10.5 Å². The van der Waals surface area contributed by atoms with Gasteiger partial charge >= 0.3 is 5.97 Å². The van der Waals surface area contributed by atoms with Gasteiger partial charge in [-0.15, -0.1) is 0 Å². The van der Waals surface area contributed by atoms with Crippen molar-refractivity contribution in [1.82, 2.24) is 9.78 Å². The average Bonchev–Trinajstić information content (AvgIpc) is 2.47. The minimum atomic E-state index is -0.373. The predicted molar refractivity (Wildman–Crippen MR) is 57.3 cm³/mol. The summed E-state index contributed by atoms with van der Waals surface area (Å²) in [6, 6.07) is 1.37. The highest BCUT2D eigenvalue weighted by Crippen LogP contribution is 2.17. The molecule has 2 N–H and O–H groups in total. The molecule has 0 saturated heterocycles. The first kappa shape index (κ1) is 11.6. The van der Waals surface area contributed by atoms with E-state index in [1.807, 2.05) is 13.8 Å². The van der Waals surface area contributed by atoms with Crippen LogP contribution in [0.15, 0.2) is 6.07 Å². The Hall–Kier alpha value is -1.52. The van der Waals surface area contributed by atoms with E-state index in [1.165, 1.54) is 0 Å². The summed E-state index contributed by atoms with van der Waals surface area (Å²) in [4.78, 5) is 11.6. The summed E-state index contributed by atoms with van der Waals surface area (Å²) in [5.74, 6) is 0.168. The molecular weight excluding hydrogens is 194 g/mol. The summed E-state index contributed by atoms with van der Waals surface area (Å²) < 4.78 is 6.59. The van der Waals surface area contributed by atoms with Gasteiger partial charge in [-0.05, 0) is 20.3 Å². The van der Waals surface area contributed by atoms with Crippen LogP contribution in [-0.4, -0.2) is 22.4 Å². The zero-order valence-corrected chi connectivity index (χ0v) is 9.36. The van der Waals surface area contributed by atoms with E-state index in [0.29, 0.717) is 18.8 Å². The third kappa shape index (κ3) is 2.49. The standard InChI is InChI=1S/C10H17N3O2/c1-4-8(10(14)15-5-2)13-7(3)6-9(11)12-13/h6,8H,4-5H2,1-3H3,(H2,11,12). The summed E-state index contributed by atoms with van der Waals surface area (Å²) in [5.41, 5.74) is 6.43. The number of carbonyl (C=O) groups excluding carboxylic acids is 1. The first-order valence-corrected chi connectivity index (χ1v) is 5.08. The molecule has 1 heterocycles. The number of esters is 1. The molecule has 0 radical (unpaired) electrons. The first-order chi connectivity index (χ1) is 7.10. The molecule has 1 aromatic rings. The van der Waals surface area contributed by atoms with Crippen LogP contribution in [0, 0.1) is 6.92 Å². The Balaban J connectivity index is 2.91. The van der Waals surface area contributed by atoms with Crippen LogP contribution in [0.2, 0.25) is 0 Å². The van der Waals surface area contributed by atoms with Gasteiger partial charge in [0, 0.05) is 11.8 Å². The van der Waals surface area contributed by atoms with E-state index in [0.717, 1.165) is 5.69 Å². The molecule has 1 atom stereocenters. The number of aryl methyl sites for hydroxylation is 1. The lowest BCUT2D eigenvalue weighted by molar-refractivity contribution is -0.147. The molecule has 0 aromatic carbocycles. The van der Waals surface area contributed by atoms with Gasteiger partial charge in [0.2, 0.25) is 0 Å². The second kappa shape index (κ2) is 4.82. The topological polar surface area (TPSA) is 70.1 Å². The maximum absolute atomic E-state index is 11.6. The molecule has 0 fully saturated rings. The molecule has 0 aliphatic rings. The summed E-state index contributed by atoms with van der Waals surface area (Å²) in [6.07, 6.45) is 0.640. The van der Waals surface area contributed by atoms with Crippen LogP contribution in [0.3, 0.4) is 0 Å². The van der Waals surface area contributed by atoms with Gasteiger partial charge in [-0.1, -0.05) is 6.92 Å². The smallest absolute Gasteiger partial charge is 0.330 e. The number of rotatable bonds is 4. The molecule has 0 aliphatic carbocycles. The molecule has 5 nitrogen and oxygen atoms in total. The lowest BCUT2D eigenvalue weighted by Gasteiger charge is -2.15. The second-order valence-corrected chi connectivity index (χ2v) is 3.33. The van der Waals surface area contributed by atoms with E-state index in [9.17, 15) is 4.79 Å². The number of anilines is 1. The molecule has 5 heteroatoms. The van der Waals surface area contributed by atoms with Crippen LogP contribution >= 0.6 is 0 Å². The van der Waals surface area contributed by atoms with Gasteiger partial charge in [0.05, 0.1) is 6.61 Å². The summed E-state index contributed by atoms with van der Waals surface area (Å²) in [7, 11) is 0. The Morgan fingerprint density at radius 1 is 1.67 bits per heavy atom. The monoisotopic (exact) mass is 211 g/mol. The van der Waals surface area contributed by atoms with Gasteiger partial charge in [0.1, 0.15) is 11.9 Å². The van der Waals surface area contributed by atoms with E-state index >= 15 is 0 Å². The molecule has 1 aromatic heterocycles. The molecule has 1 rings (SSSR count). The number of aromatic nitrogens is 2. The fourth-order valence-corrected chi connectivity index (χ4v) is 1.51. The fraction of sp³-hybridized carbons (Fsp3) is 0.600. The maximum atomic E-state index is 11.6. The van der Waals surface area contributed by atoms with Gasteiger partial charge in [0.25, 0.3) is 0 Å². The lowest BCUT2D eigenvalue weighted by atomic mass is 10.2. The second-order valence-electron chi connectivity index (χ2n) is 3.33. The van der Waals surface area contributed by atoms with Gasteiger partial charge in [0.15, 0.2) is 0 Å². The van der Waals surface area contributed by atoms with Crippen molar-refractivity contribution in [3.05, 3.63) is 11.8 Å². The molecule has 1 unspecified atom stereocenters. The third-order valence-corrected chi connectivity index (χ3v) is 2.18. The summed E-state index contributed by atoms with van der Waals surface area (Å²) in [6.45, 7) is 5.95. The molecule has 15 heavy (non-hydrogen) atoms. The summed E-state index contributed by atoms with van der Waals surface area (Å²) in [5, 5.41) is 4.08. The normalized spacial score (nSPS) is 12.5. The molecule has 84 valence electrons. The van der Waals surface area contributed by atoms with Crippen LogP contribution in [-0.2, 0) is 9.53 Å². The largest absolute Gasteiger partial charge is 0.464 e. The van der Waals surface area contributed by atoms with Crippen molar-refractivity contribution in [2.24, 2.45) is 0 Å². The van der Waals surface area contributed by atoms with Crippen LogP contribution in [0.1, 0.15) is 32.0 Å². The lowest BCUT2D eigenvalue weighted by Crippen LogP contribution is -2.23. The van der Waals surface area contributed by atoms with Crippen LogP contribution < -0.4 is 5.73 Å². The van der Waals surface area contributed by atoms with Crippen LogP contribution in [0.4, 0.5) is 5.82 Å². The highest BCUT2D eigenvalue weighted by atomic mass is 16.5. The van der Waals surface area contributed by atoms with Crippen molar-refractivity contribution in [3.63, 3.8) is 0 Å². The molecule has 0 bridgehead atoms. The van der Waals surface area contributed by atoms with Crippen molar-refractivity contribution in [3.8, 4) is 0 Å². The number of hydrogen-bond donors (Lipinski definition) is 1. The zero-order chi connectivity index (χ0) is 11.4. The number of nitrogens with two attached hydrogens (primary N) is 1. The predicted octanol–water partition coefficient (Wildman–Crippen LogP) is 1.29. The maximum Gasteiger partial charge on any atom is 0.330 e. The number of nitrogens with zero attached hydrogens (tertiary/aromatic N) is 2. The fourth-order valence-electron chi connectivity index (χ4n) is 1.51. The molecule has 0 spiro atoms. The first-order valence-electron chi connectivity index (χ1n) is 5.08. The Labute approximate surface area is 89.2 Å². The minimum absolute atomic E-state index is 0.258. The van der Waals surface area contributed by atoms with Gasteiger partial charge in [-0.2, -0.15) is 5.10 Å². The Morgan fingerprint density at radius 3 is 2.73 bits per heavy atom. The van der Waals surface area contributed by atoms with Crippen molar-refractivity contribution < 1.29 is 9.53 Å². The van der Waals surface area contributed by atoms with Crippen molar-refractivity contribution >= 4 is 11.8 Å². The Kier molecular flexibility index (Phi) is 3.71. The van der Waals surface area contributed by atoms with E-state index in [1.54, 1.807) is 17.7 Å². The SMILES string of the molecule is CCOC(=O)C(CC)n1nc(N)cc1C. The van der Waals surface area contributed by atoms with E-state index < -0.39 is 0 Å². The van der Waals surface area contributed by atoms with Crippen molar-refractivity contribution in [2.45, 2.75) is 33.2 Å². The quantitative estimate of drug-likeness (QED) is 0.762. The number of nitrogen functional groups attached to an aromatic ring is 1. The Bertz CT molecular complexity index is 346. The molecular formula is C10H17N3O2. The van der Waals surface area contributed by atoms with E-state index in [-0.39, 0.29) is 12.0 Å². The van der Waals surface area contributed by atoms with E-state index in [2.05, 4.69) is 5.10 Å². The third-order valence-electron chi connectivity index (χ3n) is 2.18. The molecule has 0 saturated carbocycles. The minimum Gasteiger partial charge on any atom is -0.464 e. The number of hydrogen-bond acceptors (Lipinski definition) is 4. The Morgan fingerprint density at radius 2 is 2.33 bits per heavy atom. The van der Waals surface area contributed by atoms with Crippen LogP contribution in [0.25, 0.3) is 0 Å². The van der Waals surface area contributed by atoms with Crippen LogP contribution in [0.5, 0.6) is 0 Å². The van der Waals surface area contributed by atoms with E-state index in [4.69, 9.17) is 10.5 Å². The number of ether oxygens (including phenoxy) is 1. The highest BCUT2D eigenvalue weighted by Gasteiger charge is 2.22. The van der Waals surface area contributed by atoms with Crippen molar-refractivity contribution in [2.75, 3.05) is 12.3 Å². The van der Waals surface area contributed by atoms with Gasteiger partial charge in [-0.3, -0.25) is 4.68 Å². The zero-order valence-electron chi connectivity index (χ0n) is 9.36.